The molecule has 1 unspecified atom stereocenters. The number of hydrogen-bond acceptors (Lipinski definition) is 4. The maximum Gasteiger partial charge on any atom is 0.318 e. The molecule has 1 atom stereocenters. The smallest absolute Gasteiger partial charge is 0.318 e. The van der Waals surface area contributed by atoms with Crippen LogP contribution in [0, 0.1) is 5.82 Å². The van der Waals surface area contributed by atoms with Crippen molar-refractivity contribution >= 4 is 6.03 Å². The van der Waals surface area contributed by atoms with Crippen LogP contribution in [0.4, 0.5) is 9.18 Å². The molecule has 1 N–H and O–H groups in total. The van der Waals surface area contributed by atoms with Crippen LogP contribution in [-0.4, -0.2) is 41.7 Å². The number of amides is 2. The Morgan fingerprint density at radius 2 is 2.32 bits per heavy atom. The van der Waals surface area contributed by atoms with Gasteiger partial charge in [0.1, 0.15) is 11.6 Å². The molecule has 3 rings (SSSR count). The molecule has 2 aromatic rings. The van der Waals surface area contributed by atoms with E-state index >= 15 is 0 Å². The molecule has 0 saturated carbocycles. The van der Waals surface area contributed by atoms with Crippen LogP contribution in [0.5, 0.6) is 11.6 Å². The number of halogens is 1. The average molecular weight is 345 g/mol. The molecule has 0 radical (unpaired) electrons. The van der Waals surface area contributed by atoms with Crippen molar-refractivity contribution in [3.63, 3.8) is 0 Å². The summed E-state index contributed by atoms with van der Waals surface area (Å²) in [6.07, 6.45) is 1.59. The Balaban J connectivity index is 1.65. The first-order chi connectivity index (χ1) is 12.1. The van der Waals surface area contributed by atoms with Gasteiger partial charge in [0.25, 0.3) is 0 Å². The van der Waals surface area contributed by atoms with E-state index in [1.54, 1.807) is 29.3 Å². The van der Waals surface area contributed by atoms with Gasteiger partial charge in [-0.25, -0.2) is 14.2 Å². The summed E-state index contributed by atoms with van der Waals surface area (Å²) in [5.74, 6) is 0.307. The Kier molecular flexibility index (Phi) is 5.45. The lowest BCUT2D eigenvalue weighted by Gasteiger charge is -2.33. The highest BCUT2D eigenvalue weighted by Gasteiger charge is 2.23. The van der Waals surface area contributed by atoms with Gasteiger partial charge in [-0.3, -0.25) is 0 Å². The van der Waals surface area contributed by atoms with Gasteiger partial charge < -0.3 is 19.7 Å². The Morgan fingerprint density at radius 3 is 3.12 bits per heavy atom. The second-order valence-corrected chi connectivity index (χ2v) is 5.80. The Bertz CT molecular complexity index is 741. The van der Waals surface area contributed by atoms with E-state index in [9.17, 15) is 9.18 Å². The summed E-state index contributed by atoms with van der Waals surface area (Å²) in [6.45, 7) is 3.85. The minimum Gasteiger partial charge on any atom is -0.439 e. The molecule has 1 aromatic heterocycles. The predicted octanol–water partition coefficient (Wildman–Crippen LogP) is 2.94. The SMILES string of the molecule is CC1COCCN1C(=O)NCc1cccnc1Oc1cccc(F)c1. The lowest BCUT2D eigenvalue weighted by atomic mass is 10.2. The molecule has 0 aliphatic carbocycles. The van der Waals surface area contributed by atoms with Crippen LogP contribution in [0.2, 0.25) is 0 Å². The van der Waals surface area contributed by atoms with Crippen LogP contribution in [0.1, 0.15) is 12.5 Å². The molecule has 2 heterocycles. The Hall–Kier alpha value is -2.67. The van der Waals surface area contributed by atoms with Crippen LogP contribution in [0.15, 0.2) is 42.6 Å². The first kappa shape index (κ1) is 17.2. The van der Waals surface area contributed by atoms with E-state index in [4.69, 9.17) is 9.47 Å². The number of aromatic nitrogens is 1. The van der Waals surface area contributed by atoms with E-state index < -0.39 is 0 Å². The maximum absolute atomic E-state index is 13.3. The van der Waals surface area contributed by atoms with Gasteiger partial charge in [0, 0.05) is 30.9 Å². The number of morpholine rings is 1. The van der Waals surface area contributed by atoms with Crippen molar-refractivity contribution in [1.82, 2.24) is 15.2 Å². The molecule has 1 aliphatic heterocycles. The number of pyridine rings is 1. The highest BCUT2D eigenvalue weighted by molar-refractivity contribution is 5.74. The summed E-state index contributed by atoms with van der Waals surface area (Å²) in [5.41, 5.74) is 0.709. The number of carbonyl (C=O) groups is 1. The van der Waals surface area contributed by atoms with Crippen molar-refractivity contribution < 1.29 is 18.7 Å². The first-order valence-corrected chi connectivity index (χ1v) is 8.13. The number of rotatable bonds is 4. The number of urea groups is 1. The molecule has 7 heteroatoms. The molecular weight excluding hydrogens is 325 g/mol. The first-order valence-electron chi connectivity index (χ1n) is 8.13. The van der Waals surface area contributed by atoms with Crippen molar-refractivity contribution in [2.24, 2.45) is 0 Å². The molecule has 1 aromatic carbocycles. The molecule has 2 amide bonds. The van der Waals surface area contributed by atoms with Crippen molar-refractivity contribution in [2.75, 3.05) is 19.8 Å². The van der Waals surface area contributed by atoms with Crippen LogP contribution < -0.4 is 10.1 Å². The normalized spacial score (nSPS) is 17.2. The molecule has 0 spiro atoms. The monoisotopic (exact) mass is 345 g/mol. The fraction of sp³-hybridized carbons (Fsp3) is 0.333. The van der Waals surface area contributed by atoms with Crippen LogP contribution in [0.25, 0.3) is 0 Å². The molecular formula is C18H20FN3O3. The van der Waals surface area contributed by atoms with Gasteiger partial charge in [-0.1, -0.05) is 12.1 Å². The second-order valence-electron chi connectivity index (χ2n) is 5.80. The zero-order chi connectivity index (χ0) is 17.6. The zero-order valence-electron chi connectivity index (χ0n) is 13.9. The standard InChI is InChI=1S/C18H20FN3O3/c1-13-12-24-9-8-22(13)18(23)21-11-14-4-3-7-20-17(14)25-16-6-2-5-15(19)10-16/h2-7,10,13H,8-9,11-12H2,1H3,(H,21,23). The average Bonchev–Trinajstić information content (AvgIpc) is 2.61. The van der Waals surface area contributed by atoms with Crippen molar-refractivity contribution in [3.05, 3.63) is 54.0 Å². The maximum atomic E-state index is 13.3. The highest BCUT2D eigenvalue weighted by Crippen LogP contribution is 2.23. The van der Waals surface area contributed by atoms with Gasteiger partial charge in [0.15, 0.2) is 0 Å². The minimum absolute atomic E-state index is 0.0330. The van der Waals surface area contributed by atoms with Crippen molar-refractivity contribution in [2.45, 2.75) is 19.5 Å². The summed E-state index contributed by atoms with van der Waals surface area (Å²) in [6, 6.07) is 9.29. The number of nitrogens with zero attached hydrogens (tertiary/aromatic N) is 2. The van der Waals surface area contributed by atoms with E-state index in [1.807, 2.05) is 13.0 Å². The van der Waals surface area contributed by atoms with Gasteiger partial charge in [-0.05, 0) is 25.1 Å². The number of ether oxygens (including phenoxy) is 2. The molecule has 6 nitrogen and oxygen atoms in total. The van der Waals surface area contributed by atoms with E-state index in [2.05, 4.69) is 10.3 Å². The number of carbonyl (C=O) groups excluding carboxylic acids is 1. The van der Waals surface area contributed by atoms with Crippen LogP contribution in [-0.2, 0) is 11.3 Å². The summed E-state index contributed by atoms with van der Waals surface area (Å²) >= 11 is 0. The highest BCUT2D eigenvalue weighted by atomic mass is 19.1. The predicted molar refractivity (Wildman–Crippen MR) is 89.9 cm³/mol. The van der Waals surface area contributed by atoms with E-state index in [1.165, 1.54) is 12.1 Å². The third-order valence-electron chi connectivity index (χ3n) is 3.92. The van der Waals surface area contributed by atoms with Crippen LogP contribution >= 0.6 is 0 Å². The van der Waals surface area contributed by atoms with Crippen molar-refractivity contribution in [1.29, 1.82) is 0 Å². The summed E-state index contributed by atoms with van der Waals surface area (Å²) < 4.78 is 24.3. The number of nitrogens with one attached hydrogen (secondary N) is 1. The fourth-order valence-electron chi connectivity index (χ4n) is 2.59. The van der Waals surface area contributed by atoms with Gasteiger partial charge in [-0.2, -0.15) is 0 Å². The summed E-state index contributed by atoms with van der Waals surface area (Å²) in [5, 5.41) is 2.87. The quantitative estimate of drug-likeness (QED) is 0.925. The molecule has 1 saturated heterocycles. The minimum atomic E-state index is -0.385. The number of benzene rings is 1. The molecule has 0 bridgehead atoms. The second kappa shape index (κ2) is 7.94. The zero-order valence-corrected chi connectivity index (χ0v) is 13.9. The van der Waals surface area contributed by atoms with E-state index in [0.29, 0.717) is 37.0 Å². The van der Waals surface area contributed by atoms with E-state index in [0.717, 1.165) is 0 Å². The molecule has 132 valence electrons. The lowest BCUT2D eigenvalue weighted by Crippen LogP contribution is -2.51. The van der Waals surface area contributed by atoms with Gasteiger partial charge in [0.05, 0.1) is 19.3 Å². The largest absolute Gasteiger partial charge is 0.439 e. The van der Waals surface area contributed by atoms with Crippen LogP contribution in [0.3, 0.4) is 0 Å². The fourth-order valence-corrected chi connectivity index (χ4v) is 2.59. The van der Waals surface area contributed by atoms with Gasteiger partial charge >= 0.3 is 6.03 Å². The summed E-state index contributed by atoms with van der Waals surface area (Å²) in [4.78, 5) is 18.3. The Labute approximate surface area is 145 Å². The third kappa shape index (κ3) is 4.45. The lowest BCUT2D eigenvalue weighted by molar-refractivity contribution is 0.0189. The third-order valence-corrected chi connectivity index (χ3v) is 3.92. The topological polar surface area (TPSA) is 63.7 Å². The van der Waals surface area contributed by atoms with E-state index in [-0.39, 0.29) is 24.4 Å². The van der Waals surface area contributed by atoms with Crippen molar-refractivity contribution in [3.8, 4) is 11.6 Å². The van der Waals surface area contributed by atoms with Gasteiger partial charge in [-0.15, -0.1) is 0 Å². The van der Waals surface area contributed by atoms with Gasteiger partial charge in [0.2, 0.25) is 5.88 Å². The molecule has 1 fully saturated rings. The molecule has 25 heavy (non-hydrogen) atoms. The molecule has 1 aliphatic rings. The summed E-state index contributed by atoms with van der Waals surface area (Å²) in [7, 11) is 0. The number of hydrogen-bond donors (Lipinski definition) is 1. The Morgan fingerprint density at radius 1 is 1.44 bits per heavy atom.